The van der Waals surface area contributed by atoms with Crippen molar-refractivity contribution < 1.29 is 14.7 Å². The van der Waals surface area contributed by atoms with Crippen molar-refractivity contribution in [3.63, 3.8) is 0 Å². The average Bonchev–Trinajstić information content (AvgIpc) is 2.45. The number of nitrogens with zero attached hydrogens (tertiary/aromatic N) is 1. The lowest BCUT2D eigenvalue weighted by Crippen LogP contribution is -2.37. The maximum absolute atomic E-state index is 12.2. The Bertz CT molecular complexity index is 528. The minimum absolute atomic E-state index is 0.0920. The summed E-state index contributed by atoms with van der Waals surface area (Å²) in [6, 6.07) is 5.25. The van der Waals surface area contributed by atoms with Crippen LogP contribution in [-0.2, 0) is 17.8 Å². The van der Waals surface area contributed by atoms with Crippen LogP contribution in [0.25, 0.3) is 0 Å². The maximum atomic E-state index is 12.2. The molecule has 1 aliphatic rings. The van der Waals surface area contributed by atoms with Crippen LogP contribution in [0.15, 0.2) is 18.2 Å². The number of hydrogen-bond donors (Lipinski definition) is 2. The first-order valence-corrected chi connectivity index (χ1v) is 6.84. The molecule has 0 aromatic heterocycles. The Labute approximate surface area is 118 Å². The number of carbonyl (C=O) groups is 2. The van der Waals surface area contributed by atoms with Crippen LogP contribution in [0.4, 0.5) is 0 Å². The molecule has 3 N–H and O–H groups in total. The molecule has 1 aromatic carbocycles. The molecule has 5 nitrogen and oxygen atoms in total. The number of aromatic carboxylic acids is 1. The number of rotatable bonds is 4. The first kappa shape index (κ1) is 14.5. The fourth-order valence-corrected chi connectivity index (χ4v) is 2.53. The summed E-state index contributed by atoms with van der Waals surface area (Å²) in [5.74, 6) is -0.637. The molecule has 1 atom stereocenters. The van der Waals surface area contributed by atoms with Gasteiger partial charge in [-0.3, -0.25) is 4.79 Å². The molecular weight excluding hydrogens is 256 g/mol. The first-order chi connectivity index (χ1) is 9.52. The van der Waals surface area contributed by atoms with E-state index in [0.717, 1.165) is 11.1 Å². The second-order valence-electron chi connectivity index (χ2n) is 5.36. The van der Waals surface area contributed by atoms with Gasteiger partial charge in [-0.2, -0.15) is 0 Å². The van der Waals surface area contributed by atoms with Gasteiger partial charge < -0.3 is 15.7 Å². The molecular formula is C15H20N2O3. The molecule has 1 unspecified atom stereocenters. The molecule has 20 heavy (non-hydrogen) atoms. The number of nitrogens with two attached hydrogens (primary N) is 1. The van der Waals surface area contributed by atoms with E-state index < -0.39 is 5.97 Å². The lowest BCUT2D eigenvalue weighted by Gasteiger charge is -2.30. The van der Waals surface area contributed by atoms with E-state index in [-0.39, 0.29) is 11.8 Å². The smallest absolute Gasteiger partial charge is 0.335 e. The van der Waals surface area contributed by atoms with Crippen molar-refractivity contribution in [1.29, 1.82) is 0 Å². The third-order valence-corrected chi connectivity index (χ3v) is 3.77. The molecule has 0 radical (unpaired) electrons. The zero-order valence-corrected chi connectivity index (χ0v) is 11.6. The summed E-state index contributed by atoms with van der Waals surface area (Å²) in [6.07, 6.45) is 1.05. The van der Waals surface area contributed by atoms with Gasteiger partial charge in [0.05, 0.1) is 5.56 Å². The van der Waals surface area contributed by atoms with Crippen molar-refractivity contribution in [2.24, 2.45) is 11.7 Å². The van der Waals surface area contributed by atoms with E-state index in [1.807, 2.05) is 13.0 Å². The molecule has 1 aliphatic heterocycles. The molecule has 0 spiro atoms. The van der Waals surface area contributed by atoms with Gasteiger partial charge >= 0.3 is 5.97 Å². The quantitative estimate of drug-likeness (QED) is 0.867. The number of amides is 1. The van der Waals surface area contributed by atoms with Crippen molar-refractivity contribution in [3.8, 4) is 0 Å². The van der Waals surface area contributed by atoms with Gasteiger partial charge in [0, 0.05) is 19.5 Å². The number of hydrogen-bond acceptors (Lipinski definition) is 3. The van der Waals surface area contributed by atoms with Crippen LogP contribution >= 0.6 is 0 Å². The molecule has 0 fully saturated rings. The van der Waals surface area contributed by atoms with Gasteiger partial charge in [-0.1, -0.05) is 19.1 Å². The lowest BCUT2D eigenvalue weighted by molar-refractivity contribution is -0.132. The Hall–Kier alpha value is -1.88. The summed E-state index contributed by atoms with van der Waals surface area (Å²) in [7, 11) is 0. The largest absolute Gasteiger partial charge is 0.478 e. The van der Waals surface area contributed by atoms with Crippen molar-refractivity contribution in [1.82, 2.24) is 4.90 Å². The van der Waals surface area contributed by atoms with Gasteiger partial charge in [0.1, 0.15) is 0 Å². The average molecular weight is 276 g/mol. The minimum Gasteiger partial charge on any atom is -0.478 e. The van der Waals surface area contributed by atoms with E-state index in [1.165, 1.54) is 0 Å². The molecule has 1 heterocycles. The summed E-state index contributed by atoms with van der Waals surface area (Å²) in [5, 5.41) is 9.17. The molecule has 2 rings (SSSR count). The molecule has 1 aromatic rings. The Balaban J connectivity index is 2.14. The number of carbonyl (C=O) groups excluding carboxylic acids is 1. The fourth-order valence-electron chi connectivity index (χ4n) is 2.53. The molecule has 5 heteroatoms. The zero-order valence-electron chi connectivity index (χ0n) is 11.6. The predicted molar refractivity (Wildman–Crippen MR) is 75.4 cm³/mol. The second-order valence-corrected chi connectivity index (χ2v) is 5.36. The summed E-state index contributed by atoms with van der Waals surface area (Å²) >= 11 is 0. The van der Waals surface area contributed by atoms with Crippen LogP contribution in [0.1, 0.15) is 34.8 Å². The highest BCUT2D eigenvalue weighted by Gasteiger charge is 2.24. The lowest BCUT2D eigenvalue weighted by atomic mass is 9.94. The van der Waals surface area contributed by atoms with E-state index in [0.29, 0.717) is 38.0 Å². The summed E-state index contributed by atoms with van der Waals surface area (Å²) in [5.41, 5.74) is 7.69. The van der Waals surface area contributed by atoms with Gasteiger partial charge in [-0.25, -0.2) is 4.79 Å². The van der Waals surface area contributed by atoms with Gasteiger partial charge in [0.2, 0.25) is 5.91 Å². The number of fused-ring (bicyclic) bond motifs is 1. The van der Waals surface area contributed by atoms with E-state index >= 15 is 0 Å². The predicted octanol–water partition coefficient (Wildman–Crippen LogP) is 1.25. The van der Waals surface area contributed by atoms with Gasteiger partial charge in [-0.05, 0) is 36.1 Å². The van der Waals surface area contributed by atoms with Crippen molar-refractivity contribution in [2.75, 3.05) is 13.1 Å². The second kappa shape index (κ2) is 6.05. The standard InChI is InChI=1S/C15H20N2O3/c1-10(8-16)7-14(18)17-6-5-12-11(9-17)3-2-4-13(12)15(19)20/h2-4,10H,5-9,16H2,1H3,(H,19,20). The van der Waals surface area contributed by atoms with Crippen LogP contribution < -0.4 is 5.73 Å². The normalized spacial score (nSPS) is 15.6. The van der Waals surface area contributed by atoms with Crippen LogP contribution in [0.5, 0.6) is 0 Å². The molecule has 108 valence electrons. The Morgan fingerprint density at radius 1 is 1.45 bits per heavy atom. The minimum atomic E-state index is -0.904. The highest BCUT2D eigenvalue weighted by Crippen LogP contribution is 2.23. The molecule has 0 bridgehead atoms. The number of benzene rings is 1. The molecule has 0 saturated carbocycles. The Kier molecular flexibility index (Phi) is 4.39. The Morgan fingerprint density at radius 2 is 2.20 bits per heavy atom. The number of carboxylic acid groups (broad SMARTS) is 1. The Morgan fingerprint density at radius 3 is 2.85 bits per heavy atom. The summed E-state index contributed by atoms with van der Waals surface area (Å²) in [4.78, 5) is 25.1. The third kappa shape index (κ3) is 2.99. The highest BCUT2D eigenvalue weighted by molar-refractivity contribution is 5.90. The molecule has 0 aliphatic carbocycles. The van der Waals surface area contributed by atoms with Gasteiger partial charge in [0.15, 0.2) is 0 Å². The third-order valence-electron chi connectivity index (χ3n) is 3.77. The number of carboxylic acids is 1. The highest BCUT2D eigenvalue weighted by atomic mass is 16.4. The van der Waals surface area contributed by atoms with Gasteiger partial charge in [0.25, 0.3) is 0 Å². The van der Waals surface area contributed by atoms with Crippen molar-refractivity contribution in [2.45, 2.75) is 26.3 Å². The SMILES string of the molecule is CC(CN)CC(=O)N1CCc2c(cccc2C(=O)O)C1. The zero-order chi connectivity index (χ0) is 14.7. The van der Waals surface area contributed by atoms with Crippen LogP contribution in [-0.4, -0.2) is 35.0 Å². The van der Waals surface area contributed by atoms with E-state index in [4.69, 9.17) is 5.73 Å². The summed E-state index contributed by atoms with van der Waals surface area (Å²) in [6.45, 7) is 3.53. The van der Waals surface area contributed by atoms with Crippen LogP contribution in [0, 0.1) is 5.92 Å². The van der Waals surface area contributed by atoms with E-state index in [1.54, 1.807) is 17.0 Å². The molecule has 0 saturated heterocycles. The monoisotopic (exact) mass is 276 g/mol. The molecule has 1 amide bonds. The summed E-state index contributed by atoms with van der Waals surface area (Å²) < 4.78 is 0. The van der Waals surface area contributed by atoms with Crippen molar-refractivity contribution >= 4 is 11.9 Å². The first-order valence-electron chi connectivity index (χ1n) is 6.84. The van der Waals surface area contributed by atoms with E-state index in [2.05, 4.69) is 0 Å². The maximum Gasteiger partial charge on any atom is 0.335 e. The van der Waals surface area contributed by atoms with Crippen LogP contribution in [0.3, 0.4) is 0 Å². The van der Waals surface area contributed by atoms with Crippen LogP contribution in [0.2, 0.25) is 0 Å². The fraction of sp³-hybridized carbons (Fsp3) is 0.467. The topological polar surface area (TPSA) is 83.6 Å². The van der Waals surface area contributed by atoms with E-state index in [9.17, 15) is 14.7 Å². The van der Waals surface area contributed by atoms with Crippen molar-refractivity contribution in [3.05, 3.63) is 34.9 Å². The van der Waals surface area contributed by atoms with Gasteiger partial charge in [-0.15, -0.1) is 0 Å².